The van der Waals surface area contributed by atoms with Crippen molar-refractivity contribution in [1.82, 2.24) is 14.5 Å². The van der Waals surface area contributed by atoms with Crippen LogP contribution >= 0.6 is 0 Å². The highest BCUT2D eigenvalue weighted by atomic mass is 16.4. The van der Waals surface area contributed by atoms with Crippen LogP contribution in [0.2, 0.25) is 0 Å². The Hall–Kier alpha value is -2.89. The third kappa shape index (κ3) is 3.07. The Morgan fingerprint density at radius 2 is 2.00 bits per heavy atom. The topological polar surface area (TPSA) is 80.0 Å². The zero-order valence-electron chi connectivity index (χ0n) is 13.9. The van der Waals surface area contributed by atoms with Crippen molar-refractivity contribution in [1.29, 1.82) is 0 Å². The van der Waals surface area contributed by atoms with Crippen LogP contribution in [0, 0.1) is 0 Å². The van der Waals surface area contributed by atoms with Gasteiger partial charge in [-0.25, -0.2) is 9.78 Å². The fourth-order valence-corrected chi connectivity index (χ4v) is 3.54. The molecule has 6 nitrogen and oxygen atoms in total. The summed E-state index contributed by atoms with van der Waals surface area (Å²) >= 11 is 0. The Morgan fingerprint density at radius 3 is 2.80 bits per heavy atom. The van der Waals surface area contributed by atoms with E-state index in [2.05, 4.69) is 15.3 Å². The molecule has 1 aromatic carbocycles. The molecule has 2 N–H and O–H groups in total. The Balaban J connectivity index is 1.68. The molecule has 0 amide bonds. The lowest BCUT2D eigenvalue weighted by Crippen LogP contribution is -2.23. The predicted molar refractivity (Wildman–Crippen MR) is 96.3 cm³/mol. The van der Waals surface area contributed by atoms with Crippen LogP contribution in [0.1, 0.15) is 42.5 Å². The number of aromatic carboxylic acids is 1. The number of fused-ring (bicyclic) bond motifs is 1. The molecule has 3 aromatic rings. The third-order valence-electron chi connectivity index (χ3n) is 4.79. The lowest BCUT2D eigenvalue weighted by Gasteiger charge is -2.22. The van der Waals surface area contributed by atoms with Crippen LogP contribution in [0.5, 0.6) is 0 Å². The number of nitrogens with one attached hydrogen (secondary N) is 1. The molecule has 1 aliphatic carbocycles. The number of hydrogen-bond donors (Lipinski definition) is 2. The maximum atomic E-state index is 11.4. The van der Waals surface area contributed by atoms with Crippen LogP contribution in [0.3, 0.4) is 0 Å². The third-order valence-corrected chi connectivity index (χ3v) is 4.79. The molecule has 2 heterocycles. The number of carboxylic acids is 1. The molecule has 1 fully saturated rings. The van der Waals surface area contributed by atoms with Crippen LogP contribution in [-0.2, 0) is 0 Å². The molecule has 0 saturated heterocycles. The minimum atomic E-state index is -0.925. The number of benzene rings is 1. The van der Waals surface area contributed by atoms with Gasteiger partial charge in [-0.05, 0) is 37.1 Å². The summed E-state index contributed by atoms with van der Waals surface area (Å²) in [6, 6.07) is 9.35. The fourth-order valence-electron chi connectivity index (χ4n) is 3.54. The molecular formula is C19H20N4O2. The number of carbonyl (C=O) groups is 1. The number of carboxylic acid groups (broad SMARTS) is 1. The summed E-state index contributed by atoms with van der Waals surface area (Å²) in [5.74, 6) is 0.428. The second kappa shape index (κ2) is 6.55. The van der Waals surface area contributed by atoms with E-state index in [0.29, 0.717) is 22.9 Å². The van der Waals surface area contributed by atoms with Crippen molar-refractivity contribution in [2.24, 2.45) is 0 Å². The maximum absolute atomic E-state index is 11.4. The predicted octanol–water partition coefficient (Wildman–Crippen LogP) is 3.86. The number of nitrogens with zero attached hydrogens (tertiary/aromatic N) is 3. The summed E-state index contributed by atoms with van der Waals surface area (Å²) in [6.45, 7) is 0. The highest BCUT2D eigenvalue weighted by Crippen LogP contribution is 2.24. The van der Waals surface area contributed by atoms with Crippen molar-refractivity contribution < 1.29 is 9.90 Å². The van der Waals surface area contributed by atoms with E-state index in [1.165, 1.54) is 19.3 Å². The van der Waals surface area contributed by atoms with Gasteiger partial charge < -0.3 is 15.0 Å². The minimum absolute atomic E-state index is 0.297. The van der Waals surface area contributed by atoms with Crippen molar-refractivity contribution in [3.8, 4) is 5.82 Å². The van der Waals surface area contributed by atoms with Crippen LogP contribution in [0.15, 0.2) is 42.7 Å². The highest BCUT2D eigenvalue weighted by molar-refractivity contribution is 6.03. The molecule has 1 aliphatic rings. The van der Waals surface area contributed by atoms with E-state index < -0.39 is 5.97 Å². The van der Waals surface area contributed by atoms with Gasteiger partial charge in [-0.2, -0.15) is 4.98 Å². The first-order chi connectivity index (χ1) is 12.2. The van der Waals surface area contributed by atoms with Gasteiger partial charge in [-0.3, -0.25) is 0 Å². The first kappa shape index (κ1) is 15.6. The van der Waals surface area contributed by atoms with Crippen molar-refractivity contribution in [3.63, 3.8) is 0 Å². The molecule has 0 bridgehead atoms. The molecule has 0 atom stereocenters. The fraction of sp³-hybridized carbons (Fsp3) is 0.316. The first-order valence-corrected chi connectivity index (χ1v) is 8.66. The quantitative estimate of drug-likeness (QED) is 0.756. The summed E-state index contributed by atoms with van der Waals surface area (Å²) in [5.41, 5.74) is 1.12. The Kier molecular flexibility index (Phi) is 4.09. The van der Waals surface area contributed by atoms with E-state index in [4.69, 9.17) is 0 Å². The van der Waals surface area contributed by atoms with E-state index in [-0.39, 0.29) is 0 Å². The molecule has 4 rings (SSSR count). The summed E-state index contributed by atoms with van der Waals surface area (Å²) in [4.78, 5) is 20.4. The average molecular weight is 336 g/mol. The molecule has 128 valence electrons. The molecule has 1 saturated carbocycles. The molecule has 6 heteroatoms. The van der Waals surface area contributed by atoms with Crippen molar-refractivity contribution >= 4 is 22.8 Å². The number of aromatic nitrogens is 3. The van der Waals surface area contributed by atoms with Crippen molar-refractivity contribution in [2.75, 3.05) is 5.32 Å². The molecular weight excluding hydrogens is 316 g/mol. The smallest absolute Gasteiger partial charge is 0.336 e. The standard InChI is InChI=1S/C19H20N4O2/c24-18(25)15-7-4-8-16-14(15)10-12-23(16)17-9-11-20-19(22-17)21-13-5-2-1-3-6-13/h4,7-13H,1-3,5-6H2,(H,24,25)(H,20,21,22). The highest BCUT2D eigenvalue weighted by Gasteiger charge is 2.15. The molecule has 0 spiro atoms. The zero-order chi connectivity index (χ0) is 17.2. The van der Waals surface area contributed by atoms with Gasteiger partial charge in [0.1, 0.15) is 5.82 Å². The van der Waals surface area contributed by atoms with Gasteiger partial charge in [0.25, 0.3) is 0 Å². The van der Waals surface area contributed by atoms with Crippen molar-refractivity contribution in [2.45, 2.75) is 38.1 Å². The van der Waals surface area contributed by atoms with Gasteiger partial charge in [0, 0.05) is 23.8 Å². The number of anilines is 1. The van der Waals surface area contributed by atoms with E-state index >= 15 is 0 Å². The van der Waals surface area contributed by atoms with Crippen LogP contribution in [0.4, 0.5) is 5.95 Å². The van der Waals surface area contributed by atoms with Gasteiger partial charge in [-0.1, -0.05) is 25.3 Å². The van der Waals surface area contributed by atoms with Gasteiger partial charge in [0.15, 0.2) is 0 Å². The number of hydrogen-bond acceptors (Lipinski definition) is 4. The zero-order valence-corrected chi connectivity index (χ0v) is 13.9. The van der Waals surface area contributed by atoms with E-state index in [0.717, 1.165) is 24.2 Å². The van der Waals surface area contributed by atoms with Crippen LogP contribution in [0.25, 0.3) is 16.7 Å². The lowest BCUT2D eigenvalue weighted by atomic mass is 9.96. The number of rotatable bonds is 4. The molecule has 0 unspecified atom stereocenters. The van der Waals surface area contributed by atoms with Gasteiger partial charge in [0.05, 0.1) is 11.1 Å². The van der Waals surface area contributed by atoms with Gasteiger partial charge in [-0.15, -0.1) is 0 Å². The van der Waals surface area contributed by atoms with Crippen LogP contribution < -0.4 is 5.32 Å². The maximum Gasteiger partial charge on any atom is 0.336 e. The summed E-state index contributed by atoms with van der Waals surface area (Å²) < 4.78 is 1.90. The Labute approximate surface area is 145 Å². The van der Waals surface area contributed by atoms with Gasteiger partial charge in [0.2, 0.25) is 5.95 Å². The molecule has 0 radical (unpaired) electrons. The molecule has 25 heavy (non-hydrogen) atoms. The van der Waals surface area contributed by atoms with Gasteiger partial charge >= 0.3 is 5.97 Å². The summed E-state index contributed by atoms with van der Waals surface area (Å²) in [7, 11) is 0. The lowest BCUT2D eigenvalue weighted by molar-refractivity contribution is 0.0699. The normalized spacial score (nSPS) is 15.4. The van der Waals surface area contributed by atoms with Crippen LogP contribution in [-0.4, -0.2) is 31.7 Å². The molecule has 2 aromatic heterocycles. The second-order valence-corrected chi connectivity index (χ2v) is 6.45. The Bertz CT molecular complexity index is 913. The van der Waals surface area contributed by atoms with E-state index in [1.807, 2.05) is 29.0 Å². The van der Waals surface area contributed by atoms with Crippen molar-refractivity contribution in [3.05, 3.63) is 48.3 Å². The largest absolute Gasteiger partial charge is 0.478 e. The molecule has 0 aliphatic heterocycles. The minimum Gasteiger partial charge on any atom is -0.478 e. The van der Waals surface area contributed by atoms with E-state index in [1.54, 1.807) is 18.3 Å². The van der Waals surface area contributed by atoms with E-state index in [9.17, 15) is 9.90 Å². The summed E-state index contributed by atoms with van der Waals surface area (Å²) in [5, 5.41) is 13.5. The monoisotopic (exact) mass is 336 g/mol. The Morgan fingerprint density at radius 1 is 1.16 bits per heavy atom. The first-order valence-electron chi connectivity index (χ1n) is 8.66. The summed E-state index contributed by atoms with van der Waals surface area (Å²) in [6.07, 6.45) is 9.70. The second-order valence-electron chi connectivity index (χ2n) is 6.45. The SMILES string of the molecule is O=C(O)c1cccc2c1ccn2-c1ccnc(NC2CCCCC2)n1. The average Bonchev–Trinajstić information content (AvgIpc) is 3.07.